The predicted octanol–water partition coefficient (Wildman–Crippen LogP) is 0.803. The maximum absolute atomic E-state index is 13.3. The summed E-state index contributed by atoms with van der Waals surface area (Å²) in [5.41, 5.74) is -0.688. The molecule has 1 aliphatic rings. The largest absolute Gasteiger partial charge is 0.320 e. The summed E-state index contributed by atoms with van der Waals surface area (Å²) in [6, 6.07) is 1.79. The highest BCUT2D eigenvalue weighted by Crippen LogP contribution is 2.24. The molecule has 2 rings (SSSR count). The Morgan fingerprint density at radius 1 is 1.35 bits per heavy atom. The Labute approximate surface area is 94.0 Å². The van der Waals surface area contributed by atoms with Gasteiger partial charge in [-0.2, -0.15) is 5.10 Å². The predicted molar refractivity (Wildman–Crippen MR) is 55.1 cm³/mol. The fourth-order valence-electron chi connectivity index (χ4n) is 1.34. The first-order valence-electron chi connectivity index (χ1n) is 4.46. The Morgan fingerprint density at radius 2 is 2.00 bits per heavy atom. The monoisotopic (exact) mass is 237 g/mol. The molecule has 0 unspecified atom stereocenters. The van der Waals surface area contributed by atoms with E-state index in [1.807, 2.05) is 0 Å². The van der Waals surface area contributed by atoms with Crippen LogP contribution in [0.2, 0.25) is 0 Å². The number of hydrazone groups is 1. The van der Waals surface area contributed by atoms with Crippen molar-refractivity contribution in [3.05, 3.63) is 35.2 Å². The normalized spacial score (nSPS) is 13.5. The fraction of sp³-hybridized carbons (Fsp3) is 0. The van der Waals surface area contributed by atoms with Gasteiger partial charge >= 0.3 is 0 Å². The number of benzene rings is 1. The van der Waals surface area contributed by atoms with Gasteiger partial charge in [0.15, 0.2) is 12.2 Å². The molecule has 1 aliphatic heterocycles. The van der Waals surface area contributed by atoms with Gasteiger partial charge in [-0.3, -0.25) is 4.79 Å². The summed E-state index contributed by atoms with van der Waals surface area (Å²) in [6.45, 7) is 0. The van der Waals surface area contributed by atoms with Gasteiger partial charge in [-0.05, 0) is 0 Å². The van der Waals surface area contributed by atoms with Gasteiger partial charge in [0, 0.05) is 12.1 Å². The smallest absolute Gasteiger partial charge is 0.219 e. The first-order valence-corrected chi connectivity index (χ1v) is 4.46. The number of nitrogens with one attached hydrogen (secondary N) is 1. The zero-order chi connectivity index (χ0) is 12.4. The van der Waals surface area contributed by atoms with E-state index in [0.29, 0.717) is 0 Å². The quantitative estimate of drug-likeness (QED) is 0.610. The molecule has 17 heavy (non-hydrogen) atoms. The average Bonchev–Trinajstić information content (AvgIpc) is 2.76. The summed E-state index contributed by atoms with van der Waals surface area (Å²) < 4.78 is 26.6. The molecule has 0 radical (unpaired) electrons. The van der Waals surface area contributed by atoms with Crippen LogP contribution >= 0.6 is 0 Å². The standard InChI is InChI=1S/C10H5F2N3O2/c11-8-1-6(2-9(12)7(8)3-16)15-10(4-17)13-5-14-15/h1-3,5H,(H,13,14). The lowest BCUT2D eigenvalue weighted by Gasteiger charge is -2.13. The lowest BCUT2D eigenvalue weighted by atomic mass is 10.2. The van der Waals surface area contributed by atoms with Crippen molar-refractivity contribution >= 4 is 24.3 Å². The van der Waals surface area contributed by atoms with Gasteiger partial charge in [-0.15, -0.1) is 0 Å². The van der Waals surface area contributed by atoms with Gasteiger partial charge in [-0.25, -0.2) is 18.6 Å². The number of carbonyl (C=O) groups is 1. The zero-order valence-electron chi connectivity index (χ0n) is 8.28. The summed E-state index contributed by atoms with van der Waals surface area (Å²) in [7, 11) is 0. The first-order chi connectivity index (χ1) is 8.17. The van der Waals surface area contributed by atoms with E-state index in [1.54, 1.807) is 0 Å². The number of hydrogen-bond donors (Lipinski definition) is 1. The molecule has 0 aromatic heterocycles. The van der Waals surface area contributed by atoms with Gasteiger partial charge in [0.05, 0.1) is 11.3 Å². The van der Waals surface area contributed by atoms with Crippen molar-refractivity contribution in [3.8, 4) is 0 Å². The highest BCUT2D eigenvalue weighted by molar-refractivity contribution is 5.79. The van der Waals surface area contributed by atoms with Crippen molar-refractivity contribution in [2.24, 2.45) is 5.10 Å². The average molecular weight is 237 g/mol. The molecule has 1 N–H and O–H groups in total. The van der Waals surface area contributed by atoms with E-state index in [2.05, 4.69) is 10.4 Å². The van der Waals surface area contributed by atoms with Gasteiger partial charge in [0.25, 0.3) is 0 Å². The van der Waals surface area contributed by atoms with Crippen molar-refractivity contribution in [1.82, 2.24) is 5.32 Å². The lowest BCUT2D eigenvalue weighted by molar-refractivity contribution is 0.111. The van der Waals surface area contributed by atoms with E-state index in [1.165, 1.54) is 12.3 Å². The Hall–Kier alpha value is -2.53. The number of nitrogens with zero attached hydrogens (tertiary/aromatic N) is 2. The molecule has 0 amide bonds. The van der Waals surface area contributed by atoms with E-state index < -0.39 is 17.2 Å². The van der Waals surface area contributed by atoms with Crippen LogP contribution in [0.15, 0.2) is 23.1 Å². The lowest BCUT2D eigenvalue weighted by Crippen LogP contribution is -2.19. The van der Waals surface area contributed by atoms with Crippen LogP contribution in [-0.4, -0.2) is 18.6 Å². The highest BCUT2D eigenvalue weighted by Gasteiger charge is 2.20. The molecular weight excluding hydrogens is 232 g/mol. The second-order valence-electron chi connectivity index (χ2n) is 3.09. The Bertz CT molecular complexity index is 542. The third-order valence-electron chi connectivity index (χ3n) is 2.11. The van der Waals surface area contributed by atoms with Crippen molar-refractivity contribution in [1.29, 1.82) is 0 Å². The molecule has 0 atom stereocenters. The number of anilines is 1. The number of halogens is 2. The fourth-order valence-corrected chi connectivity index (χ4v) is 1.34. The van der Waals surface area contributed by atoms with Crippen LogP contribution in [-0.2, 0) is 4.79 Å². The molecule has 0 saturated heterocycles. The highest BCUT2D eigenvalue weighted by atomic mass is 19.1. The number of carbonyl (C=O) groups excluding carboxylic acids is 2. The zero-order valence-corrected chi connectivity index (χ0v) is 8.28. The maximum Gasteiger partial charge on any atom is 0.219 e. The van der Waals surface area contributed by atoms with Crippen molar-refractivity contribution < 1.29 is 18.4 Å². The molecule has 5 nitrogen and oxygen atoms in total. The molecule has 1 aromatic rings. The van der Waals surface area contributed by atoms with Crippen molar-refractivity contribution in [2.75, 3.05) is 5.01 Å². The summed E-state index contributed by atoms with van der Waals surface area (Å²) in [5.74, 6) is -0.624. The topological polar surface area (TPSA) is 61.8 Å². The summed E-state index contributed by atoms with van der Waals surface area (Å²) >= 11 is 0. The molecule has 86 valence electrons. The van der Waals surface area contributed by atoms with Gasteiger partial charge in [0.2, 0.25) is 5.82 Å². The van der Waals surface area contributed by atoms with E-state index in [4.69, 9.17) is 0 Å². The molecule has 1 aromatic carbocycles. The summed E-state index contributed by atoms with van der Waals surface area (Å²) in [4.78, 5) is 20.9. The first kappa shape index (κ1) is 11.0. The van der Waals surface area contributed by atoms with E-state index in [-0.39, 0.29) is 17.8 Å². The Balaban J connectivity index is 2.51. The SMILES string of the molecule is O=C=C1NC=NN1c1cc(F)c(C=O)c(F)c1. The van der Waals surface area contributed by atoms with Crippen LogP contribution in [0.3, 0.4) is 0 Å². The third-order valence-corrected chi connectivity index (χ3v) is 2.11. The summed E-state index contributed by atoms with van der Waals surface area (Å²) in [6.07, 6.45) is 1.25. The van der Waals surface area contributed by atoms with Crippen LogP contribution in [0.5, 0.6) is 0 Å². The molecular formula is C10H5F2N3O2. The molecule has 0 saturated carbocycles. The molecule has 1 heterocycles. The van der Waals surface area contributed by atoms with E-state index in [0.717, 1.165) is 17.1 Å². The number of hydrogen-bond acceptors (Lipinski definition) is 5. The van der Waals surface area contributed by atoms with Crippen LogP contribution in [0.25, 0.3) is 0 Å². The second kappa shape index (κ2) is 4.15. The minimum Gasteiger partial charge on any atom is -0.320 e. The maximum atomic E-state index is 13.3. The Morgan fingerprint density at radius 3 is 2.53 bits per heavy atom. The van der Waals surface area contributed by atoms with Crippen molar-refractivity contribution in [2.45, 2.75) is 0 Å². The molecule has 7 heteroatoms. The molecule has 0 aliphatic carbocycles. The second-order valence-corrected chi connectivity index (χ2v) is 3.09. The van der Waals surface area contributed by atoms with Crippen LogP contribution in [0.4, 0.5) is 14.5 Å². The van der Waals surface area contributed by atoms with Gasteiger partial charge in [0.1, 0.15) is 18.0 Å². The van der Waals surface area contributed by atoms with Gasteiger partial charge in [-0.1, -0.05) is 0 Å². The minimum atomic E-state index is -1.03. The number of aldehydes is 1. The molecule has 0 spiro atoms. The van der Waals surface area contributed by atoms with Crippen LogP contribution < -0.4 is 10.3 Å². The minimum absolute atomic E-state index is 0.0230. The Kier molecular flexibility index (Phi) is 2.68. The summed E-state index contributed by atoms with van der Waals surface area (Å²) in [5, 5.41) is 7.07. The van der Waals surface area contributed by atoms with Crippen LogP contribution in [0, 0.1) is 11.6 Å². The van der Waals surface area contributed by atoms with Crippen LogP contribution in [0.1, 0.15) is 10.4 Å². The van der Waals surface area contributed by atoms with E-state index in [9.17, 15) is 18.4 Å². The third kappa shape index (κ3) is 1.79. The number of rotatable bonds is 2. The van der Waals surface area contributed by atoms with E-state index >= 15 is 0 Å². The van der Waals surface area contributed by atoms with Gasteiger partial charge < -0.3 is 5.32 Å². The molecule has 0 fully saturated rings. The molecule has 0 bridgehead atoms. The van der Waals surface area contributed by atoms with Crippen molar-refractivity contribution in [3.63, 3.8) is 0 Å².